The molecule has 0 amide bonds. The molecule has 1 N–H and O–H groups in total. The molecule has 3 aliphatic heterocycles. The summed E-state index contributed by atoms with van der Waals surface area (Å²) >= 11 is 3.57. The molecule has 0 aromatic rings. The maximum atomic E-state index is 4.53. The Morgan fingerprint density at radius 1 is 1.35 bits per heavy atom. The van der Waals surface area contributed by atoms with Crippen LogP contribution in [-0.4, -0.2) is 47.2 Å². The number of fused-ring (bicyclic) bond motifs is 1. The smallest absolute Gasteiger partial charge is 0.167 e. The SMILES string of the molecule is C1=C(CSC2=NCCCN2)N2CCCN=C2S1. The van der Waals surface area contributed by atoms with Gasteiger partial charge in [-0.25, -0.2) is 0 Å². The van der Waals surface area contributed by atoms with Crippen molar-refractivity contribution in [3.8, 4) is 0 Å². The molecule has 0 aromatic heterocycles. The molecular weight excluding hydrogens is 252 g/mol. The predicted molar refractivity (Wildman–Crippen MR) is 76.7 cm³/mol. The number of thioether (sulfide) groups is 2. The molecule has 3 heterocycles. The maximum Gasteiger partial charge on any atom is 0.167 e. The number of hydrogen-bond acceptors (Lipinski definition) is 6. The van der Waals surface area contributed by atoms with Crippen LogP contribution in [0.1, 0.15) is 12.8 Å². The zero-order valence-electron chi connectivity index (χ0n) is 9.69. The van der Waals surface area contributed by atoms with Gasteiger partial charge >= 0.3 is 0 Å². The van der Waals surface area contributed by atoms with E-state index in [1.54, 1.807) is 11.8 Å². The standard InChI is InChI=1S/C11H16N4S2/c1-3-12-10(13-4-1)16-7-9-8-17-11-14-5-2-6-15(9)11/h8H,1-7H2,(H,12,13). The van der Waals surface area contributed by atoms with Crippen molar-refractivity contribution in [3.05, 3.63) is 11.1 Å². The summed E-state index contributed by atoms with van der Waals surface area (Å²) in [6, 6.07) is 0. The van der Waals surface area contributed by atoms with Crippen LogP contribution in [0.5, 0.6) is 0 Å². The molecule has 0 aliphatic carbocycles. The van der Waals surface area contributed by atoms with Crippen molar-refractivity contribution in [3.63, 3.8) is 0 Å². The van der Waals surface area contributed by atoms with Crippen molar-refractivity contribution in [2.75, 3.05) is 31.9 Å². The highest BCUT2D eigenvalue weighted by molar-refractivity contribution is 8.17. The molecular formula is C11H16N4S2. The van der Waals surface area contributed by atoms with E-state index in [2.05, 4.69) is 25.6 Å². The molecule has 0 fully saturated rings. The molecule has 0 saturated heterocycles. The third-order valence-electron chi connectivity index (χ3n) is 2.89. The van der Waals surface area contributed by atoms with Gasteiger partial charge < -0.3 is 10.2 Å². The third-order valence-corrected chi connectivity index (χ3v) is 4.83. The van der Waals surface area contributed by atoms with Crippen LogP contribution in [0.4, 0.5) is 0 Å². The Labute approximate surface area is 110 Å². The van der Waals surface area contributed by atoms with Crippen molar-refractivity contribution in [1.82, 2.24) is 10.2 Å². The van der Waals surface area contributed by atoms with E-state index in [1.807, 2.05) is 11.8 Å². The van der Waals surface area contributed by atoms with Gasteiger partial charge in [0, 0.05) is 37.6 Å². The Balaban J connectivity index is 1.57. The van der Waals surface area contributed by atoms with E-state index in [0.717, 1.165) is 43.5 Å². The first kappa shape index (κ1) is 11.5. The van der Waals surface area contributed by atoms with E-state index in [1.165, 1.54) is 17.3 Å². The largest absolute Gasteiger partial charge is 0.365 e. The van der Waals surface area contributed by atoms with E-state index in [0.29, 0.717) is 0 Å². The highest BCUT2D eigenvalue weighted by atomic mass is 32.2. The lowest BCUT2D eigenvalue weighted by atomic mass is 10.3. The van der Waals surface area contributed by atoms with Crippen LogP contribution in [0.3, 0.4) is 0 Å². The van der Waals surface area contributed by atoms with Crippen molar-refractivity contribution < 1.29 is 0 Å². The predicted octanol–water partition coefficient (Wildman–Crippen LogP) is 1.72. The summed E-state index contributed by atoms with van der Waals surface area (Å²) in [7, 11) is 0. The topological polar surface area (TPSA) is 40.0 Å². The first-order valence-electron chi connectivity index (χ1n) is 6.02. The van der Waals surface area contributed by atoms with Gasteiger partial charge in [0.2, 0.25) is 0 Å². The lowest BCUT2D eigenvalue weighted by Crippen LogP contribution is -2.31. The Morgan fingerprint density at radius 2 is 2.29 bits per heavy atom. The minimum absolute atomic E-state index is 0.972. The van der Waals surface area contributed by atoms with Gasteiger partial charge in [0.1, 0.15) is 0 Å². The van der Waals surface area contributed by atoms with Crippen LogP contribution >= 0.6 is 23.5 Å². The number of hydrogen-bond donors (Lipinski definition) is 1. The fourth-order valence-corrected chi connectivity index (χ4v) is 3.97. The fraction of sp³-hybridized carbons (Fsp3) is 0.636. The number of rotatable bonds is 2. The van der Waals surface area contributed by atoms with Crippen LogP contribution in [0.25, 0.3) is 0 Å². The molecule has 3 aliphatic rings. The highest BCUT2D eigenvalue weighted by Crippen LogP contribution is 2.30. The molecule has 0 spiro atoms. The van der Waals surface area contributed by atoms with Gasteiger partial charge in [-0.2, -0.15) is 0 Å². The minimum Gasteiger partial charge on any atom is -0.365 e. The van der Waals surface area contributed by atoms with Crippen LogP contribution in [0, 0.1) is 0 Å². The number of amidine groups is 2. The molecule has 0 bridgehead atoms. The second-order valence-electron chi connectivity index (χ2n) is 4.15. The van der Waals surface area contributed by atoms with Crippen LogP contribution in [-0.2, 0) is 0 Å². The van der Waals surface area contributed by atoms with Gasteiger partial charge in [0.25, 0.3) is 0 Å². The second kappa shape index (κ2) is 5.35. The number of aliphatic imine (C=N–C) groups is 2. The summed E-state index contributed by atoms with van der Waals surface area (Å²) in [6.45, 7) is 4.15. The van der Waals surface area contributed by atoms with Gasteiger partial charge in [0.05, 0.1) is 0 Å². The monoisotopic (exact) mass is 268 g/mol. The average Bonchev–Trinajstić information content (AvgIpc) is 2.81. The second-order valence-corrected chi connectivity index (χ2v) is 5.95. The van der Waals surface area contributed by atoms with E-state index in [-0.39, 0.29) is 0 Å². The summed E-state index contributed by atoms with van der Waals surface area (Å²) in [5.74, 6) is 0.998. The van der Waals surface area contributed by atoms with Gasteiger partial charge in [-0.15, -0.1) is 0 Å². The normalized spacial score (nSPS) is 23.5. The Kier molecular flexibility index (Phi) is 3.61. The van der Waals surface area contributed by atoms with Crippen LogP contribution in [0.15, 0.2) is 21.1 Å². The van der Waals surface area contributed by atoms with Crippen LogP contribution < -0.4 is 5.32 Å². The van der Waals surface area contributed by atoms with E-state index >= 15 is 0 Å². The van der Waals surface area contributed by atoms with Gasteiger partial charge in [-0.05, 0) is 18.2 Å². The van der Waals surface area contributed by atoms with Gasteiger partial charge in [-0.1, -0.05) is 23.5 Å². The molecule has 0 atom stereocenters. The average molecular weight is 268 g/mol. The maximum absolute atomic E-state index is 4.53. The molecule has 17 heavy (non-hydrogen) atoms. The Hall–Kier alpha value is -0.620. The first-order valence-corrected chi connectivity index (χ1v) is 7.89. The zero-order chi connectivity index (χ0) is 11.5. The van der Waals surface area contributed by atoms with E-state index in [9.17, 15) is 0 Å². The molecule has 0 unspecified atom stereocenters. The molecule has 0 saturated carbocycles. The Bertz CT molecular complexity index is 389. The molecule has 3 rings (SSSR count). The third kappa shape index (κ3) is 2.63. The fourth-order valence-electron chi connectivity index (χ4n) is 2.00. The molecule has 0 aromatic carbocycles. The van der Waals surface area contributed by atoms with Crippen molar-refractivity contribution in [1.29, 1.82) is 0 Å². The van der Waals surface area contributed by atoms with Gasteiger partial charge in [0.15, 0.2) is 10.3 Å². The molecule has 0 radical (unpaired) electrons. The summed E-state index contributed by atoms with van der Waals surface area (Å²) in [5, 5.41) is 7.87. The van der Waals surface area contributed by atoms with Crippen molar-refractivity contribution in [2.24, 2.45) is 9.98 Å². The summed E-state index contributed by atoms with van der Waals surface area (Å²) < 4.78 is 0. The van der Waals surface area contributed by atoms with Crippen molar-refractivity contribution in [2.45, 2.75) is 12.8 Å². The highest BCUT2D eigenvalue weighted by Gasteiger charge is 2.24. The van der Waals surface area contributed by atoms with Gasteiger partial charge in [-0.3, -0.25) is 9.98 Å². The molecule has 92 valence electrons. The number of nitrogens with zero attached hydrogens (tertiary/aromatic N) is 3. The first-order chi connectivity index (χ1) is 8.43. The summed E-state index contributed by atoms with van der Waals surface area (Å²) in [4.78, 5) is 11.4. The van der Waals surface area contributed by atoms with E-state index in [4.69, 9.17) is 0 Å². The quantitative estimate of drug-likeness (QED) is 0.828. The van der Waals surface area contributed by atoms with E-state index < -0.39 is 0 Å². The summed E-state index contributed by atoms with van der Waals surface area (Å²) in [5.41, 5.74) is 1.38. The Morgan fingerprint density at radius 3 is 3.18 bits per heavy atom. The zero-order valence-corrected chi connectivity index (χ0v) is 11.3. The number of nitrogens with one attached hydrogen (secondary N) is 1. The molecule has 6 heteroatoms. The van der Waals surface area contributed by atoms with Crippen LogP contribution in [0.2, 0.25) is 0 Å². The molecule has 4 nitrogen and oxygen atoms in total. The lowest BCUT2D eigenvalue weighted by molar-refractivity contribution is 0.491. The summed E-state index contributed by atoms with van der Waals surface area (Å²) in [6.07, 6.45) is 2.33. The van der Waals surface area contributed by atoms with Crippen molar-refractivity contribution >= 4 is 33.9 Å². The minimum atomic E-state index is 0.972. The lowest BCUT2D eigenvalue weighted by Gasteiger charge is -2.25.